The first-order chi connectivity index (χ1) is 17.6. The van der Waals surface area contributed by atoms with Crippen LogP contribution in [0.4, 0.5) is 0 Å². The zero-order valence-corrected chi connectivity index (χ0v) is 21.7. The van der Waals surface area contributed by atoms with Crippen LogP contribution in [-0.2, 0) is 9.59 Å². The molecule has 3 aliphatic rings. The van der Waals surface area contributed by atoms with Gasteiger partial charge in [-0.15, -0.1) is 0 Å². The lowest BCUT2D eigenvalue weighted by Gasteiger charge is -2.41. The minimum Gasteiger partial charge on any atom is -0.490 e. The smallest absolute Gasteiger partial charge is 0.304 e. The average Bonchev–Trinajstić information content (AvgIpc) is 3.25. The van der Waals surface area contributed by atoms with Gasteiger partial charge in [-0.25, -0.2) is 11.8 Å². The summed E-state index contributed by atoms with van der Waals surface area (Å²) in [6.07, 6.45) is 6.16. The molecule has 36 heavy (non-hydrogen) atoms. The molecular weight excluding hydrogens is 476 g/mol. The van der Waals surface area contributed by atoms with Crippen molar-refractivity contribution in [3.63, 3.8) is 0 Å². The predicted octanol–water partition coefficient (Wildman–Crippen LogP) is 3.67. The van der Waals surface area contributed by atoms with E-state index < -0.39 is 28.7 Å². The lowest BCUT2D eigenvalue weighted by Crippen LogP contribution is -2.46. The lowest BCUT2D eigenvalue weighted by molar-refractivity contribution is -0.138. The van der Waals surface area contributed by atoms with Crippen molar-refractivity contribution in [1.82, 2.24) is 9.80 Å². The molecule has 3 heterocycles. The van der Waals surface area contributed by atoms with Crippen LogP contribution in [0.5, 0.6) is 5.75 Å². The number of imide groups is 1. The van der Waals surface area contributed by atoms with E-state index in [1.807, 2.05) is 48.5 Å². The molecule has 0 N–H and O–H groups in total. The molecule has 190 valence electrons. The second kappa shape index (κ2) is 9.75. The summed E-state index contributed by atoms with van der Waals surface area (Å²) in [5, 5.41) is 0.382. The highest BCUT2D eigenvalue weighted by atomic mass is 32.2. The molecule has 2 amide bonds. The third kappa shape index (κ3) is 4.33. The van der Waals surface area contributed by atoms with E-state index in [2.05, 4.69) is 4.90 Å². The van der Waals surface area contributed by atoms with Crippen LogP contribution in [0.1, 0.15) is 42.7 Å². The van der Waals surface area contributed by atoms with Gasteiger partial charge in [-0.1, -0.05) is 36.8 Å². The van der Waals surface area contributed by atoms with Gasteiger partial charge in [-0.05, 0) is 49.1 Å². The van der Waals surface area contributed by atoms with E-state index in [0.717, 1.165) is 47.8 Å². The Morgan fingerprint density at radius 3 is 2.47 bits per heavy atom. The van der Waals surface area contributed by atoms with Crippen molar-refractivity contribution >= 4 is 39.7 Å². The molecule has 1 aromatic heterocycles. The zero-order chi connectivity index (χ0) is 24.6. The number of amides is 2. The van der Waals surface area contributed by atoms with E-state index in [1.165, 1.54) is 19.3 Å². The summed E-state index contributed by atoms with van der Waals surface area (Å²) in [6, 6.07) is 16.0. The van der Waals surface area contributed by atoms with Gasteiger partial charge in [0, 0.05) is 42.7 Å². The fourth-order valence-electron chi connectivity index (χ4n) is 5.57. The fourth-order valence-corrected chi connectivity index (χ4v) is 6.77. The minimum atomic E-state index is -1.10. The topological polar surface area (TPSA) is 80.1 Å². The largest absolute Gasteiger partial charge is 0.490 e. The molecule has 0 unspecified atom stereocenters. The highest BCUT2D eigenvalue weighted by Crippen LogP contribution is 2.38. The number of ether oxygens (including phenoxy) is 1. The molecule has 3 fully saturated rings. The van der Waals surface area contributed by atoms with Crippen molar-refractivity contribution in [1.29, 1.82) is 0 Å². The van der Waals surface area contributed by atoms with Crippen LogP contribution >= 0.6 is 11.8 Å². The summed E-state index contributed by atoms with van der Waals surface area (Å²) in [5.41, 5.74) is 1.99. The Morgan fingerprint density at radius 2 is 1.75 bits per heavy atom. The maximum atomic E-state index is 13.5. The van der Waals surface area contributed by atoms with Crippen molar-refractivity contribution in [2.75, 3.05) is 25.4 Å². The van der Waals surface area contributed by atoms with Crippen molar-refractivity contribution in [2.24, 2.45) is 0 Å². The van der Waals surface area contributed by atoms with Gasteiger partial charge < -0.3 is 14.1 Å². The van der Waals surface area contributed by atoms with Crippen LogP contribution < -0.4 is 4.74 Å². The fraction of sp³-hybridized carbons (Fsp3) is 0.393. The molecule has 8 heteroatoms. The standard InChI is InChI=1S/C28H32N2O5S/c31-26(30-15-16-36-28(33)27(30)32)25-24(18-5-2-1-3-6-18)22-10-9-21(17-23(22)35-25)34-20-11-13-29(14-12-20)19-7-4-8-19/h1-3,5-6,9-10,17,19-20H,4,7-8,11-16H2,36H4. The van der Waals surface area contributed by atoms with E-state index >= 15 is 0 Å². The van der Waals surface area contributed by atoms with Crippen LogP contribution in [0.2, 0.25) is 0 Å². The number of piperidine rings is 1. The van der Waals surface area contributed by atoms with Crippen LogP contribution in [0.3, 0.4) is 0 Å². The maximum absolute atomic E-state index is 13.5. The zero-order valence-electron chi connectivity index (χ0n) is 20.3. The first kappa shape index (κ1) is 23.3. The van der Waals surface area contributed by atoms with E-state index in [4.69, 9.17) is 9.15 Å². The molecule has 0 spiro atoms. The SMILES string of the molecule is O=C1[SH4]CCN(C(=O)c2oc3cc(OC4CCN(C5CCC5)CC4)ccc3c2-c2ccccc2)C1=O. The summed E-state index contributed by atoms with van der Waals surface area (Å²) in [5.74, 6) is 0.158. The Bertz CT molecular complexity index is 1310. The van der Waals surface area contributed by atoms with Gasteiger partial charge in [0.05, 0.1) is 0 Å². The van der Waals surface area contributed by atoms with Crippen molar-refractivity contribution in [3.8, 4) is 16.9 Å². The molecule has 3 aromatic rings. The van der Waals surface area contributed by atoms with Gasteiger partial charge in [0.25, 0.3) is 5.91 Å². The third-order valence-corrected chi connectivity index (χ3v) is 9.23. The molecule has 1 aliphatic carbocycles. The Labute approximate surface area is 213 Å². The number of hydrogen-bond acceptors (Lipinski definition) is 6. The number of likely N-dealkylation sites (tertiary alicyclic amines) is 1. The Kier molecular flexibility index (Phi) is 6.31. The van der Waals surface area contributed by atoms with Gasteiger partial charge in [0.15, 0.2) is 0 Å². The van der Waals surface area contributed by atoms with E-state index in [0.29, 0.717) is 22.6 Å². The normalized spacial score (nSPS) is 20.3. The van der Waals surface area contributed by atoms with Crippen molar-refractivity contribution in [2.45, 2.75) is 44.2 Å². The number of carbonyl (C=O) groups is 3. The van der Waals surface area contributed by atoms with E-state index in [1.54, 1.807) is 0 Å². The van der Waals surface area contributed by atoms with Crippen LogP contribution in [-0.4, -0.2) is 64.3 Å². The second-order valence-electron chi connectivity index (χ2n) is 10.1. The number of nitrogens with zero attached hydrogens (tertiary/aromatic N) is 2. The highest BCUT2D eigenvalue weighted by Gasteiger charge is 2.35. The molecule has 2 aliphatic heterocycles. The molecule has 1 saturated carbocycles. The molecule has 2 saturated heterocycles. The van der Waals surface area contributed by atoms with Crippen LogP contribution in [0.15, 0.2) is 52.9 Å². The lowest BCUT2D eigenvalue weighted by atomic mass is 9.90. The first-order valence-electron chi connectivity index (χ1n) is 13.0. The number of hydrogen-bond donors (Lipinski definition) is 0. The number of benzene rings is 2. The quantitative estimate of drug-likeness (QED) is 0.387. The number of rotatable bonds is 5. The molecule has 0 atom stereocenters. The molecule has 0 radical (unpaired) electrons. The average molecular weight is 509 g/mol. The monoisotopic (exact) mass is 508 g/mol. The molecule has 2 aromatic carbocycles. The maximum Gasteiger partial charge on any atom is 0.304 e. The summed E-state index contributed by atoms with van der Waals surface area (Å²) in [6.45, 7) is 2.41. The second-order valence-corrected chi connectivity index (χ2v) is 11.9. The minimum absolute atomic E-state index is 0.0897. The molecule has 6 rings (SSSR count). The van der Waals surface area contributed by atoms with Gasteiger partial charge in [-0.3, -0.25) is 19.3 Å². The van der Waals surface area contributed by atoms with Crippen molar-refractivity contribution < 1.29 is 23.5 Å². The highest BCUT2D eigenvalue weighted by molar-refractivity contribution is 8.15. The first-order valence-corrected chi connectivity index (χ1v) is 14.7. The number of carbonyl (C=O) groups excluding carboxylic acids is 3. The summed E-state index contributed by atoms with van der Waals surface area (Å²) in [4.78, 5) is 41.7. The third-order valence-electron chi connectivity index (χ3n) is 7.80. The summed E-state index contributed by atoms with van der Waals surface area (Å²) in [7, 11) is 0. The van der Waals surface area contributed by atoms with Gasteiger partial charge in [0.2, 0.25) is 10.9 Å². The molecule has 7 nitrogen and oxygen atoms in total. The molecular formula is C28H32N2O5S. The van der Waals surface area contributed by atoms with Crippen LogP contribution in [0, 0.1) is 0 Å². The van der Waals surface area contributed by atoms with Crippen LogP contribution in [0.25, 0.3) is 22.1 Å². The Balaban J connectivity index is 1.29. The molecule has 0 bridgehead atoms. The van der Waals surface area contributed by atoms with Gasteiger partial charge in [-0.2, -0.15) is 0 Å². The predicted molar refractivity (Wildman–Crippen MR) is 144 cm³/mol. The van der Waals surface area contributed by atoms with Gasteiger partial charge in [0.1, 0.15) is 17.4 Å². The summed E-state index contributed by atoms with van der Waals surface area (Å²) >= 11 is -1.10. The summed E-state index contributed by atoms with van der Waals surface area (Å²) < 4.78 is 12.5. The van der Waals surface area contributed by atoms with E-state index in [9.17, 15) is 14.4 Å². The number of fused-ring (bicyclic) bond motifs is 1. The van der Waals surface area contributed by atoms with Crippen molar-refractivity contribution in [3.05, 3.63) is 54.3 Å². The Morgan fingerprint density at radius 1 is 0.972 bits per heavy atom. The number of furan rings is 1. The van der Waals surface area contributed by atoms with Gasteiger partial charge >= 0.3 is 5.91 Å². The van der Waals surface area contributed by atoms with E-state index in [-0.39, 0.29) is 18.4 Å². The Hall–Kier alpha value is -3.10.